The summed E-state index contributed by atoms with van der Waals surface area (Å²) in [5.74, 6) is 0.819. The van der Waals surface area contributed by atoms with E-state index in [1.54, 1.807) is 7.11 Å². The van der Waals surface area contributed by atoms with Gasteiger partial charge in [0, 0.05) is 36.1 Å². The molecular weight excluding hydrogens is 236 g/mol. The molecule has 0 aliphatic carbocycles. The number of halogens is 1. The number of H-pyrrole nitrogens is 1. The topological polar surface area (TPSA) is 37.0 Å². The third-order valence-corrected chi connectivity index (χ3v) is 2.94. The van der Waals surface area contributed by atoms with Crippen LogP contribution in [-0.2, 0) is 13.1 Å². The molecule has 0 saturated carbocycles. The van der Waals surface area contributed by atoms with E-state index in [2.05, 4.69) is 10.3 Å². The first-order chi connectivity index (χ1) is 8.31. The van der Waals surface area contributed by atoms with Gasteiger partial charge in [-0.15, -0.1) is 0 Å². The van der Waals surface area contributed by atoms with Gasteiger partial charge in [-0.2, -0.15) is 0 Å². The number of hydrogen-bond donors (Lipinski definition) is 2. The smallest absolute Gasteiger partial charge is 0.124 e. The second-order valence-corrected chi connectivity index (χ2v) is 4.15. The maximum Gasteiger partial charge on any atom is 0.124 e. The van der Waals surface area contributed by atoms with Crippen LogP contribution in [0.2, 0.25) is 5.02 Å². The number of hydrogen-bond acceptors (Lipinski definition) is 2. The quantitative estimate of drug-likeness (QED) is 0.856. The standard InChI is InChI=1S/C13H15ClN2O/c1-17-13-4-2-3-12(14)11(13)9-16-8-10-5-6-15-7-10/h2-7,15-16H,8-9H2,1H3. The van der Waals surface area contributed by atoms with Crippen LogP contribution in [0.15, 0.2) is 36.7 Å². The van der Waals surface area contributed by atoms with Crippen LogP contribution in [0.4, 0.5) is 0 Å². The summed E-state index contributed by atoms with van der Waals surface area (Å²) >= 11 is 6.14. The number of nitrogens with one attached hydrogen (secondary N) is 2. The molecule has 0 amide bonds. The molecular formula is C13H15ClN2O. The van der Waals surface area contributed by atoms with Crippen LogP contribution in [0.1, 0.15) is 11.1 Å². The van der Waals surface area contributed by atoms with Gasteiger partial charge in [-0.1, -0.05) is 17.7 Å². The average Bonchev–Trinajstić information content (AvgIpc) is 2.84. The summed E-state index contributed by atoms with van der Waals surface area (Å²) in [6, 6.07) is 7.71. The highest BCUT2D eigenvalue weighted by atomic mass is 35.5. The van der Waals surface area contributed by atoms with Crippen molar-refractivity contribution in [2.45, 2.75) is 13.1 Å². The van der Waals surface area contributed by atoms with Crippen molar-refractivity contribution in [1.29, 1.82) is 0 Å². The van der Waals surface area contributed by atoms with E-state index in [-0.39, 0.29) is 0 Å². The van der Waals surface area contributed by atoms with E-state index < -0.39 is 0 Å². The Morgan fingerprint density at radius 1 is 1.29 bits per heavy atom. The zero-order valence-electron chi connectivity index (χ0n) is 9.66. The minimum Gasteiger partial charge on any atom is -0.496 e. The zero-order valence-corrected chi connectivity index (χ0v) is 10.4. The first-order valence-electron chi connectivity index (χ1n) is 5.45. The summed E-state index contributed by atoms with van der Waals surface area (Å²) in [4.78, 5) is 3.02. The van der Waals surface area contributed by atoms with Crippen molar-refractivity contribution < 1.29 is 4.74 Å². The monoisotopic (exact) mass is 250 g/mol. The highest BCUT2D eigenvalue weighted by Crippen LogP contribution is 2.25. The zero-order chi connectivity index (χ0) is 12.1. The maximum absolute atomic E-state index is 6.14. The fraction of sp³-hybridized carbons (Fsp3) is 0.231. The van der Waals surface area contributed by atoms with Crippen LogP contribution in [0.5, 0.6) is 5.75 Å². The highest BCUT2D eigenvalue weighted by Gasteiger charge is 2.06. The largest absolute Gasteiger partial charge is 0.496 e. The molecule has 1 heterocycles. The molecule has 0 saturated heterocycles. The number of aromatic amines is 1. The normalized spacial score (nSPS) is 10.5. The first kappa shape index (κ1) is 12.0. The van der Waals surface area contributed by atoms with Crippen molar-refractivity contribution in [2.24, 2.45) is 0 Å². The van der Waals surface area contributed by atoms with Gasteiger partial charge in [0.15, 0.2) is 0 Å². The molecule has 0 unspecified atom stereocenters. The van der Waals surface area contributed by atoms with E-state index in [9.17, 15) is 0 Å². The lowest BCUT2D eigenvalue weighted by atomic mass is 10.2. The van der Waals surface area contributed by atoms with Crippen LogP contribution in [0, 0.1) is 0 Å². The van der Waals surface area contributed by atoms with E-state index >= 15 is 0 Å². The molecule has 0 fully saturated rings. The predicted octanol–water partition coefficient (Wildman–Crippen LogP) is 2.97. The second kappa shape index (κ2) is 5.75. The molecule has 17 heavy (non-hydrogen) atoms. The number of ether oxygens (including phenoxy) is 1. The third kappa shape index (κ3) is 3.02. The molecule has 0 bridgehead atoms. The molecule has 3 nitrogen and oxygen atoms in total. The summed E-state index contributed by atoms with van der Waals surface area (Å²) in [6.07, 6.45) is 3.88. The van der Waals surface area contributed by atoms with Crippen molar-refractivity contribution in [1.82, 2.24) is 10.3 Å². The van der Waals surface area contributed by atoms with E-state index in [4.69, 9.17) is 16.3 Å². The molecule has 4 heteroatoms. The first-order valence-corrected chi connectivity index (χ1v) is 5.83. The molecule has 90 valence electrons. The minimum absolute atomic E-state index is 0.689. The van der Waals surface area contributed by atoms with Crippen molar-refractivity contribution in [3.05, 3.63) is 52.8 Å². The van der Waals surface area contributed by atoms with Crippen LogP contribution in [0.25, 0.3) is 0 Å². The van der Waals surface area contributed by atoms with Crippen LogP contribution >= 0.6 is 11.6 Å². The Hall–Kier alpha value is -1.45. The Labute approximate surface area is 106 Å². The van der Waals surface area contributed by atoms with Crippen molar-refractivity contribution in [3.63, 3.8) is 0 Å². The highest BCUT2D eigenvalue weighted by molar-refractivity contribution is 6.31. The van der Waals surface area contributed by atoms with Gasteiger partial charge < -0.3 is 15.0 Å². The summed E-state index contributed by atoms with van der Waals surface area (Å²) in [5, 5.41) is 4.06. The summed E-state index contributed by atoms with van der Waals surface area (Å²) in [5.41, 5.74) is 2.21. The number of benzene rings is 1. The average molecular weight is 251 g/mol. The molecule has 2 aromatic rings. The molecule has 0 aliphatic heterocycles. The van der Waals surface area contributed by atoms with Gasteiger partial charge in [0.1, 0.15) is 5.75 Å². The van der Waals surface area contributed by atoms with Crippen LogP contribution in [-0.4, -0.2) is 12.1 Å². The Morgan fingerprint density at radius 2 is 2.18 bits per heavy atom. The molecule has 1 aromatic carbocycles. The third-order valence-electron chi connectivity index (χ3n) is 2.59. The molecule has 0 spiro atoms. The van der Waals surface area contributed by atoms with Gasteiger partial charge >= 0.3 is 0 Å². The molecule has 1 aromatic heterocycles. The van der Waals surface area contributed by atoms with Crippen molar-refractivity contribution >= 4 is 11.6 Å². The molecule has 0 aliphatic rings. The molecule has 0 radical (unpaired) electrons. The Bertz CT molecular complexity index is 468. The van der Waals surface area contributed by atoms with Crippen molar-refractivity contribution in [3.8, 4) is 5.75 Å². The molecule has 0 atom stereocenters. The predicted molar refractivity (Wildman–Crippen MR) is 69.3 cm³/mol. The fourth-order valence-corrected chi connectivity index (χ4v) is 1.93. The van der Waals surface area contributed by atoms with E-state index in [1.807, 2.05) is 36.7 Å². The summed E-state index contributed by atoms with van der Waals surface area (Å²) in [7, 11) is 1.65. The second-order valence-electron chi connectivity index (χ2n) is 3.74. The lowest BCUT2D eigenvalue weighted by Gasteiger charge is -2.10. The Morgan fingerprint density at radius 3 is 2.88 bits per heavy atom. The summed E-state index contributed by atoms with van der Waals surface area (Å²) in [6.45, 7) is 1.49. The van der Waals surface area contributed by atoms with Gasteiger partial charge in [0.25, 0.3) is 0 Å². The van der Waals surface area contributed by atoms with Gasteiger partial charge in [0.2, 0.25) is 0 Å². The van der Waals surface area contributed by atoms with Gasteiger partial charge in [-0.25, -0.2) is 0 Å². The molecule has 2 N–H and O–H groups in total. The van der Waals surface area contributed by atoms with Crippen molar-refractivity contribution in [2.75, 3.05) is 7.11 Å². The lowest BCUT2D eigenvalue weighted by molar-refractivity contribution is 0.407. The maximum atomic E-state index is 6.14. The minimum atomic E-state index is 0.689. The van der Waals surface area contributed by atoms with Crippen LogP contribution in [0.3, 0.4) is 0 Å². The van der Waals surface area contributed by atoms with Crippen LogP contribution < -0.4 is 10.1 Å². The Balaban J connectivity index is 1.98. The van der Waals surface area contributed by atoms with Gasteiger partial charge in [-0.3, -0.25) is 0 Å². The summed E-state index contributed by atoms with van der Waals surface area (Å²) < 4.78 is 5.28. The Kier molecular flexibility index (Phi) is 4.07. The van der Waals surface area contributed by atoms with E-state index in [1.165, 1.54) is 5.56 Å². The SMILES string of the molecule is COc1cccc(Cl)c1CNCc1cc[nH]c1. The van der Waals surface area contributed by atoms with E-state index in [0.717, 1.165) is 22.9 Å². The van der Waals surface area contributed by atoms with Gasteiger partial charge in [0.05, 0.1) is 7.11 Å². The number of rotatable bonds is 5. The number of methoxy groups -OCH3 is 1. The lowest BCUT2D eigenvalue weighted by Crippen LogP contribution is -2.13. The fourth-order valence-electron chi connectivity index (χ4n) is 1.70. The van der Waals surface area contributed by atoms with Gasteiger partial charge in [-0.05, 0) is 23.8 Å². The van der Waals surface area contributed by atoms with E-state index in [0.29, 0.717) is 6.54 Å². The number of aromatic nitrogens is 1. The molecule has 2 rings (SSSR count).